The molecule has 0 unspecified atom stereocenters. The lowest BCUT2D eigenvalue weighted by Gasteiger charge is -2.12. The molecular formula is C12H12N2O2. The molecule has 0 radical (unpaired) electrons. The Morgan fingerprint density at radius 1 is 1.31 bits per heavy atom. The van der Waals surface area contributed by atoms with E-state index in [9.17, 15) is 5.21 Å². The van der Waals surface area contributed by atoms with Crippen molar-refractivity contribution in [2.45, 2.75) is 36.9 Å². The van der Waals surface area contributed by atoms with Gasteiger partial charge in [0.15, 0.2) is 0 Å². The average Bonchev–Trinajstić information content (AvgIpc) is 2.53. The van der Waals surface area contributed by atoms with Gasteiger partial charge < -0.3 is 9.94 Å². The first kappa shape index (κ1) is 8.70. The molecule has 2 bridgehead atoms. The minimum absolute atomic E-state index is 0.0986. The van der Waals surface area contributed by atoms with Crippen molar-refractivity contribution < 1.29 is 9.58 Å². The van der Waals surface area contributed by atoms with E-state index >= 15 is 0 Å². The Labute approximate surface area is 93.1 Å². The van der Waals surface area contributed by atoms with Gasteiger partial charge in [0.1, 0.15) is 11.8 Å². The number of aromatic nitrogens is 2. The number of ether oxygens (including phenoxy) is 1. The lowest BCUT2D eigenvalue weighted by molar-refractivity contribution is -0.669. The molecule has 1 aromatic rings. The van der Waals surface area contributed by atoms with Gasteiger partial charge in [0.05, 0.1) is 5.60 Å². The first-order chi connectivity index (χ1) is 7.56. The van der Waals surface area contributed by atoms with Crippen molar-refractivity contribution >= 4 is 0 Å². The van der Waals surface area contributed by atoms with Gasteiger partial charge in [0.2, 0.25) is 6.20 Å². The third-order valence-corrected chi connectivity index (χ3v) is 4.31. The van der Waals surface area contributed by atoms with Crippen molar-refractivity contribution in [3.8, 4) is 0 Å². The van der Waals surface area contributed by atoms with Gasteiger partial charge in [-0.3, -0.25) is 0 Å². The molecule has 1 fully saturated rings. The molecule has 1 spiro atoms. The van der Waals surface area contributed by atoms with Gasteiger partial charge in [-0.2, -0.15) is 0 Å². The van der Waals surface area contributed by atoms with Gasteiger partial charge in [-0.15, -0.1) is 0 Å². The molecule has 16 heavy (non-hydrogen) atoms. The van der Waals surface area contributed by atoms with Crippen LogP contribution in [0.15, 0.2) is 24.5 Å². The summed E-state index contributed by atoms with van der Waals surface area (Å²) in [6, 6.07) is 0. The number of fused-ring (bicyclic) bond motifs is 3. The second-order valence-corrected chi connectivity index (χ2v) is 5.33. The van der Waals surface area contributed by atoms with E-state index in [1.165, 1.54) is 0 Å². The van der Waals surface area contributed by atoms with Crippen molar-refractivity contribution in [3.05, 3.63) is 40.9 Å². The molecule has 1 aromatic heterocycles. The lowest BCUT2D eigenvalue weighted by Crippen LogP contribution is -2.31. The Hall–Kier alpha value is -1.42. The zero-order valence-electron chi connectivity index (χ0n) is 9.18. The highest BCUT2D eigenvalue weighted by Gasteiger charge is 2.76. The zero-order valence-corrected chi connectivity index (χ0v) is 9.18. The quantitative estimate of drug-likeness (QED) is 0.281. The largest absolute Gasteiger partial charge is 0.594 e. The Morgan fingerprint density at radius 3 is 2.56 bits per heavy atom. The van der Waals surface area contributed by atoms with Gasteiger partial charge in [-0.05, 0) is 19.4 Å². The standard InChI is InChI=1S/C12H12N2O2/c1-11(2)12(16-11)9-3-4-10(12)8-6-14(15)13-5-7(8)9/h3-6,9-10H,1-2H3/t9-,10+,12+/m1/s1. The van der Waals surface area contributed by atoms with E-state index in [1.807, 2.05) is 0 Å². The molecule has 2 heterocycles. The minimum atomic E-state index is -0.134. The molecule has 2 aliphatic carbocycles. The summed E-state index contributed by atoms with van der Waals surface area (Å²) in [5, 5.41) is 15.0. The van der Waals surface area contributed by atoms with Crippen molar-refractivity contribution in [1.29, 1.82) is 0 Å². The van der Waals surface area contributed by atoms with E-state index in [4.69, 9.17) is 4.74 Å². The van der Waals surface area contributed by atoms with E-state index in [2.05, 4.69) is 31.1 Å². The molecule has 0 saturated carbocycles. The fourth-order valence-electron chi connectivity index (χ4n) is 3.58. The highest BCUT2D eigenvalue weighted by molar-refractivity contribution is 5.56. The molecule has 3 atom stereocenters. The van der Waals surface area contributed by atoms with Gasteiger partial charge in [0.25, 0.3) is 0 Å². The highest BCUT2D eigenvalue weighted by atomic mass is 16.6. The van der Waals surface area contributed by atoms with Crippen LogP contribution in [-0.2, 0) is 4.74 Å². The predicted molar refractivity (Wildman–Crippen MR) is 55.7 cm³/mol. The summed E-state index contributed by atoms with van der Waals surface area (Å²) in [4.78, 5) is 0.635. The maximum absolute atomic E-state index is 11.2. The summed E-state index contributed by atoms with van der Waals surface area (Å²) in [6.45, 7) is 4.23. The number of nitrogens with zero attached hydrogens (tertiary/aromatic N) is 2. The topological polar surface area (TPSA) is 52.4 Å². The monoisotopic (exact) mass is 216 g/mol. The summed E-state index contributed by atoms with van der Waals surface area (Å²) in [5.41, 5.74) is 2.01. The second kappa shape index (κ2) is 2.15. The molecule has 0 aromatic carbocycles. The van der Waals surface area contributed by atoms with Crippen LogP contribution in [0.2, 0.25) is 0 Å². The Balaban J connectivity index is 1.94. The van der Waals surface area contributed by atoms with Crippen molar-refractivity contribution in [2.75, 3.05) is 0 Å². The van der Waals surface area contributed by atoms with Crippen molar-refractivity contribution in [2.24, 2.45) is 0 Å². The molecule has 3 aliphatic rings. The molecular weight excluding hydrogens is 204 g/mol. The van der Waals surface area contributed by atoms with Gasteiger partial charge >= 0.3 is 0 Å². The number of hydrogen-bond donors (Lipinski definition) is 0. The van der Waals surface area contributed by atoms with Crippen LogP contribution in [0, 0.1) is 5.21 Å². The molecule has 4 nitrogen and oxygen atoms in total. The Kier molecular flexibility index (Phi) is 1.17. The van der Waals surface area contributed by atoms with Gasteiger partial charge in [0, 0.05) is 22.5 Å². The van der Waals surface area contributed by atoms with Crippen LogP contribution < -0.4 is 4.85 Å². The SMILES string of the molecule is CC1(C)O[C@]12[C@@H]1C=C[C@H]2c2c[n+]([O-])ncc21. The van der Waals surface area contributed by atoms with Crippen LogP contribution in [0.5, 0.6) is 0 Å². The fraction of sp³-hybridized carbons (Fsp3) is 0.500. The molecule has 1 saturated heterocycles. The van der Waals surface area contributed by atoms with Crippen molar-refractivity contribution in [3.63, 3.8) is 0 Å². The van der Waals surface area contributed by atoms with Crippen LogP contribution in [-0.4, -0.2) is 16.3 Å². The van der Waals surface area contributed by atoms with Crippen molar-refractivity contribution in [1.82, 2.24) is 5.10 Å². The molecule has 4 rings (SSSR count). The Morgan fingerprint density at radius 2 is 1.94 bits per heavy atom. The minimum Gasteiger partial charge on any atom is -0.594 e. The van der Waals surface area contributed by atoms with E-state index < -0.39 is 0 Å². The number of rotatable bonds is 0. The zero-order chi connectivity index (χ0) is 11.1. The second-order valence-electron chi connectivity index (χ2n) is 5.33. The molecule has 4 heteroatoms. The van der Waals surface area contributed by atoms with Crippen LogP contribution in [0.25, 0.3) is 0 Å². The average molecular weight is 216 g/mol. The van der Waals surface area contributed by atoms with E-state index in [1.54, 1.807) is 12.4 Å². The third kappa shape index (κ3) is 0.686. The first-order valence-electron chi connectivity index (χ1n) is 5.54. The first-order valence-corrected chi connectivity index (χ1v) is 5.54. The number of epoxide rings is 1. The summed E-state index contributed by atoms with van der Waals surface area (Å²) in [5.74, 6) is 0.502. The van der Waals surface area contributed by atoms with E-state index in [0.717, 1.165) is 11.1 Å². The Bertz CT molecular complexity index is 538. The smallest absolute Gasteiger partial charge is 0.214 e. The normalized spacial score (nSPS) is 40.4. The van der Waals surface area contributed by atoms with Gasteiger partial charge in [-0.25, -0.2) is 0 Å². The van der Waals surface area contributed by atoms with Crippen LogP contribution in [0.1, 0.15) is 36.8 Å². The maximum atomic E-state index is 11.2. The van der Waals surface area contributed by atoms with Crippen LogP contribution >= 0.6 is 0 Å². The molecule has 1 aliphatic heterocycles. The molecule has 0 amide bonds. The molecule has 0 N–H and O–H groups in total. The van der Waals surface area contributed by atoms with Gasteiger partial charge in [-0.1, -0.05) is 17.0 Å². The lowest BCUT2D eigenvalue weighted by atomic mass is 9.84. The summed E-state index contributed by atoms with van der Waals surface area (Å²) >= 11 is 0. The van der Waals surface area contributed by atoms with Crippen LogP contribution in [0.4, 0.5) is 0 Å². The maximum Gasteiger partial charge on any atom is 0.214 e. The molecule has 82 valence electrons. The summed E-state index contributed by atoms with van der Waals surface area (Å²) in [7, 11) is 0. The number of hydrogen-bond acceptors (Lipinski definition) is 3. The summed E-state index contributed by atoms with van der Waals surface area (Å²) in [6.07, 6.45) is 7.64. The van der Waals surface area contributed by atoms with E-state index in [0.29, 0.717) is 4.85 Å². The third-order valence-electron chi connectivity index (χ3n) is 4.31. The fourth-order valence-corrected chi connectivity index (χ4v) is 3.58. The summed E-state index contributed by atoms with van der Waals surface area (Å²) < 4.78 is 5.96. The van der Waals surface area contributed by atoms with Crippen LogP contribution in [0.3, 0.4) is 0 Å². The highest BCUT2D eigenvalue weighted by Crippen LogP contribution is 2.71. The van der Waals surface area contributed by atoms with E-state index in [-0.39, 0.29) is 23.0 Å². The predicted octanol–water partition coefficient (Wildman–Crippen LogP) is 1.01.